The second-order valence-corrected chi connectivity index (χ2v) is 6.15. The summed E-state index contributed by atoms with van der Waals surface area (Å²) in [6, 6.07) is 7.47. The summed E-state index contributed by atoms with van der Waals surface area (Å²) in [6.45, 7) is 2.16. The Labute approximate surface area is 114 Å². The molecule has 2 rings (SSSR count). The molecule has 18 heavy (non-hydrogen) atoms. The number of thiophene rings is 1. The maximum atomic E-state index is 8.89. The van der Waals surface area contributed by atoms with Crippen molar-refractivity contribution in [2.24, 2.45) is 5.92 Å². The molecule has 2 atom stereocenters. The van der Waals surface area contributed by atoms with Crippen molar-refractivity contribution in [2.75, 3.05) is 0 Å². The van der Waals surface area contributed by atoms with E-state index in [1.165, 1.54) is 30.6 Å². The van der Waals surface area contributed by atoms with Crippen molar-refractivity contribution in [1.82, 2.24) is 5.32 Å². The number of hydrogen-bond acceptors (Lipinski definition) is 3. The Morgan fingerprint density at radius 3 is 2.83 bits per heavy atom. The van der Waals surface area contributed by atoms with Gasteiger partial charge in [0.15, 0.2) is 0 Å². The molecule has 1 fully saturated rings. The third kappa shape index (κ3) is 3.34. The summed E-state index contributed by atoms with van der Waals surface area (Å²) in [6.07, 6.45) is 7.04. The molecular weight excluding hydrogens is 240 g/mol. The van der Waals surface area contributed by atoms with Gasteiger partial charge >= 0.3 is 0 Å². The van der Waals surface area contributed by atoms with Crippen LogP contribution in [0.15, 0.2) is 17.5 Å². The molecular formula is C15H22N2S. The lowest BCUT2D eigenvalue weighted by Gasteiger charge is -2.28. The van der Waals surface area contributed by atoms with Gasteiger partial charge in [0.2, 0.25) is 0 Å². The van der Waals surface area contributed by atoms with E-state index in [0.29, 0.717) is 18.5 Å². The number of nitriles is 1. The molecule has 1 aromatic heterocycles. The van der Waals surface area contributed by atoms with Crippen molar-refractivity contribution in [3.63, 3.8) is 0 Å². The van der Waals surface area contributed by atoms with Crippen LogP contribution in [0.2, 0.25) is 0 Å². The molecule has 1 aliphatic rings. The number of nitrogens with zero attached hydrogens (tertiary/aromatic N) is 1. The SMILES string of the molecule is CCC(CC#N)NC(c1cccs1)C1CCCC1. The van der Waals surface area contributed by atoms with Crippen molar-refractivity contribution in [3.8, 4) is 6.07 Å². The normalized spacial score (nSPS) is 19.6. The third-order valence-electron chi connectivity index (χ3n) is 3.97. The Kier molecular flexibility index (Phi) is 5.22. The lowest BCUT2D eigenvalue weighted by atomic mass is 9.95. The zero-order chi connectivity index (χ0) is 12.8. The minimum atomic E-state index is 0.336. The standard InChI is InChI=1S/C15H22N2S/c1-2-13(9-10-16)17-15(12-6-3-4-7-12)14-8-5-11-18-14/h5,8,11-13,15,17H,2-4,6-7,9H2,1H3. The summed E-state index contributed by atoms with van der Waals surface area (Å²) in [7, 11) is 0. The first kappa shape index (κ1) is 13.6. The molecule has 0 radical (unpaired) electrons. The highest BCUT2D eigenvalue weighted by Gasteiger charge is 2.28. The van der Waals surface area contributed by atoms with Crippen molar-refractivity contribution in [1.29, 1.82) is 5.26 Å². The van der Waals surface area contributed by atoms with Crippen LogP contribution in [0.25, 0.3) is 0 Å². The summed E-state index contributed by atoms with van der Waals surface area (Å²) in [5.41, 5.74) is 0. The van der Waals surface area contributed by atoms with Gasteiger partial charge in [-0.3, -0.25) is 0 Å². The molecule has 2 unspecified atom stereocenters. The Morgan fingerprint density at radius 1 is 1.50 bits per heavy atom. The van der Waals surface area contributed by atoms with Gasteiger partial charge in [0.1, 0.15) is 0 Å². The molecule has 3 heteroatoms. The zero-order valence-corrected chi connectivity index (χ0v) is 11.9. The Hall–Kier alpha value is -0.850. The van der Waals surface area contributed by atoms with Crippen molar-refractivity contribution < 1.29 is 0 Å². The number of hydrogen-bond donors (Lipinski definition) is 1. The van der Waals surface area contributed by atoms with Gasteiger partial charge in [-0.1, -0.05) is 25.8 Å². The van der Waals surface area contributed by atoms with E-state index in [2.05, 4.69) is 35.8 Å². The van der Waals surface area contributed by atoms with Crippen molar-refractivity contribution in [3.05, 3.63) is 22.4 Å². The first-order chi connectivity index (χ1) is 8.85. The second-order valence-electron chi connectivity index (χ2n) is 5.17. The van der Waals surface area contributed by atoms with E-state index in [-0.39, 0.29) is 0 Å². The molecule has 0 aliphatic heterocycles. The summed E-state index contributed by atoms with van der Waals surface area (Å²) in [5, 5.41) is 14.8. The molecule has 0 bridgehead atoms. The largest absolute Gasteiger partial charge is 0.305 e. The molecule has 2 nitrogen and oxygen atoms in total. The summed E-state index contributed by atoms with van der Waals surface area (Å²) in [4.78, 5) is 1.44. The molecule has 0 aromatic carbocycles. The van der Waals surface area contributed by atoms with Gasteiger partial charge in [0.25, 0.3) is 0 Å². The summed E-state index contributed by atoms with van der Waals surface area (Å²) in [5.74, 6) is 0.761. The highest BCUT2D eigenvalue weighted by atomic mass is 32.1. The molecule has 1 N–H and O–H groups in total. The lowest BCUT2D eigenvalue weighted by Crippen LogP contribution is -2.35. The third-order valence-corrected chi connectivity index (χ3v) is 4.92. The fourth-order valence-corrected chi connectivity index (χ4v) is 3.77. The maximum absolute atomic E-state index is 8.89. The van der Waals surface area contributed by atoms with Crippen LogP contribution in [0.3, 0.4) is 0 Å². The smallest absolute Gasteiger partial charge is 0.0638 e. The number of nitrogens with one attached hydrogen (secondary N) is 1. The van der Waals surface area contributed by atoms with Crippen LogP contribution in [-0.4, -0.2) is 6.04 Å². The van der Waals surface area contributed by atoms with Crippen molar-refractivity contribution in [2.45, 2.75) is 57.5 Å². The van der Waals surface area contributed by atoms with Crippen LogP contribution in [-0.2, 0) is 0 Å². The average Bonchev–Trinajstić information content (AvgIpc) is 3.06. The van der Waals surface area contributed by atoms with Crippen LogP contribution in [0.4, 0.5) is 0 Å². The molecule has 0 saturated heterocycles. The van der Waals surface area contributed by atoms with Crippen LogP contribution in [0.1, 0.15) is 56.4 Å². The van der Waals surface area contributed by atoms with Crippen molar-refractivity contribution >= 4 is 11.3 Å². The van der Waals surface area contributed by atoms with Crippen LogP contribution >= 0.6 is 11.3 Å². The van der Waals surface area contributed by atoms with E-state index >= 15 is 0 Å². The predicted molar refractivity (Wildman–Crippen MR) is 76.5 cm³/mol. The zero-order valence-electron chi connectivity index (χ0n) is 11.1. The molecule has 1 aromatic rings. The van der Waals surface area contributed by atoms with E-state index in [4.69, 9.17) is 5.26 Å². The first-order valence-corrected chi connectivity index (χ1v) is 7.89. The monoisotopic (exact) mass is 262 g/mol. The fourth-order valence-electron chi connectivity index (χ4n) is 2.89. The van der Waals surface area contributed by atoms with E-state index in [9.17, 15) is 0 Å². The molecule has 1 aliphatic carbocycles. The van der Waals surface area contributed by atoms with E-state index in [1.807, 2.05) is 11.3 Å². The van der Waals surface area contributed by atoms with Crippen LogP contribution in [0.5, 0.6) is 0 Å². The van der Waals surface area contributed by atoms with Crippen LogP contribution < -0.4 is 5.32 Å². The van der Waals surface area contributed by atoms with Gasteiger partial charge in [0, 0.05) is 17.0 Å². The van der Waals surface area contributed by atoms with E-state index < -0.39 is 0 Å². The highest BCUT2D eigenvalue weighted by molar-refractivity contribution is 7.10. The quantitative estimate of drug-likeness (QED) is 0.831. The van der Waals surface area contributed by atoms with E-state index in [0.717, 1.165) is 12.3 Å². The van der Waals surface area contributed by atoms with Gasteiger partial charge in [-0.2, -0.15) is 5.26 Å². The topological polar surface area (TPSA) is 35.8 Å². The second kappa shape index (κ2) is 6.92. The molecule has 0 amide bonds. The first-order valence-electron chi connectivity index (χ1n) is 7.01. The van der Waals surface area contributed by atoms with Gasteiger partial charge < -0.3 is 5.32 Å². The average molecular weight is 262 g/mol. The predicted octanol–water partition coefficient (Wildman–Crippen LogP) is 4.26. The molecule has 0 spiro atoms. The molecule has 1 heterocycles. The minimum absolute atomic E-state index is 0.336. The summed E-state index contributed by atoms with van der Waals surface area (Å²) >= 11 is 1.84. The van der Waals surface area contributed by atoms with Crippen LogP contribution in [0, 0.1) is 17.2 Å². The Morgan fingerprint density at radius 2 is 2.28 bits per heavy atom. The highest BCUT2D eigenvalue weighted by Crippen LogP contribution is 2.37. The van der Waals surface area contributed by atoms with E-state index in [1.54, 1.807) is 0 Å². The fraction of sp³-hybridized carbons (Fsp3) is 0.667. The molecule has 98 valence electrons. The lowest BCUT2D eigenvalue weighted by molar-refractivity contribution is 0.328. The Balaban J connectivity index is 2.07. The number of rotatable bonds is 6. The van der Waals surface area contributed by atoms with Gasteiger partial charge in [-0.25, -0.2) is 0 Å². The summed E-state index contributed by atoms with van der Waals surface area (Å²) < 4.78 is 0. The molecule has 1 saturated carbocycles. The van der Waals surface area contributed by atoms with Gasteiger partial charge in [-0.15, -0.1) is 11.3 Å². The Bertz CT molecular complexity index is 374. The minimum Gasteiger partial charge on any atom is -0.305 e. The maximum Gasteiger partial charge on any atom is 0.0638 e. The van der Waals surface area contributed by atoms with Gasteiger partial charge in [0.05, 0.1) is 12.5 Å². The van der Waals surface area contributed by atoms with Gasteiger partial charge in [-0.05, 0) is 36.6 Å².